The second-order valence-corrected chi connectivity index (χ2v) is 8.93. The second kappa shape index (κ2) is 15.1. The zero-order chi connectivity index (χ0) is 26.5. The monoisotopic (exact) mass is 626 g/mol. The molecule has 0 radical (unpaired) electrons. The van der Waals surface area contributed by atoms with Crippen LogP contribution >= 0.6 is 34.4 Å². The van der Waals surface area contributed by atoms with E-state index in [1.807, 2.05) is 22.6 Å². The van der Waals surface area contributed by atoms with Crippen LogP contribution < -0.4 is 16.4 Å². The smallest absolute Gasteiger partial charge is 0.338 e. The number of halogens is 1. The molecule has 0 aliphatic heterocycles. The van der Waals surface area contributed by atoms with Gasteiger partial charge in [0.15, 0.2) is 0 Å². The van der Waals surface area contributed by atoms with E-state index in [1.165, 1.54) is 12.1 Å². The number of rotatable bonds is 15. The fraction of sp³-hybridized carbons (Fsp3) is 0.421. The first-order chi connectivity index (χ1) is 16.5. The molecule has 14 nitrogen and oxygen atoms in total. The average molecular weight is 626 g/mol. The number of hydrogen-bond donors (Lipinski definition) is 5. The van der Waals surface area contributed by atoms with E-state index < -0.39 is 59.0 Å². The number of esters is 1. The van der Waals surface area contributed by atoms with Crippen molar-refractivity contribution in [1.82, 2.24) is 10.6 Å². The quantitative estimate of drug-likeness (QED) is 0.0438. The molecule has 0 spiro atoms. The molecular weight excluding hydrogens is 603 g/mol. The number of nitrogens with two attached hydrogens (primary N) is 1. The van der Waals surface area contributed by atoms with E-state index in [0.717, 1.165) is 17.8 Å². The van der Waals surface area contributed by atoms with Crippen LogP contribution in [-0.2, 0) is 23.9 Å². The molecule has 0 aromatic heterocycles. The summed E-state index contributed by atoms with van der Waals surface area (Å²) in [6, 6.07) is 1.04. The number of aliphatic carboxylic acids is 2. The molecule has 0 bridgehead atoms. The number of carboxylic acids is 2. The van der Waals surface area contributed by atoms with Gasteiger partial charge in [0, 0.05) is 22.7 Å². The number of nitro groups is 1. The molecule has 16 heteroatoms. The van der Waals surface area contributed by atoms with E-state index in [2.05, 4.69) is 10.6 Å². The maximum Gasteiger partial charge on any atom is 0.338 e. The summed E-state index contributed by atoms with van der Waals surface area (Å²) in [5, 5.41) is 33.5. The van der Waals surface area contributed by atoms with Gasteiger partial charge in [-0.25, -0.2) is 4.79 Å². The number of benzene rings is 1. The number of alkyl halides is 1. The summed E-state index contributed by atoms with van der Waals surface area (Å²) in [6.07, 6.45) is -0.534. The van der Waals surface area contributed by atoms with E-state index in [4.69, 9.17) is 20.7 Å². The highest BCUT2D eigenvalue weighted by Crippen LogP contribution is 2.31. The molecule has 35 heavy (non-hydrogen) atoms. The van der Waals surface area contributed by atoms with Crippen LogP contribution in [0, 0.1) is 10.1 Å². The first kappa shape index (κ1) is 30.0. The number of hydrogen-bond acceptors (Lipinski definition) is 10. The summed E-state index contributed by atoms with van der Waals surface area (Å²) in [4.78, 5) is 69.0. The summed E-state index contributed by atoms with van der Waals surface area (Å²) >= 11 is 2.82. The number of carbonyl (C=O) groups excluding carboxylic acids is 3. The summed E-state index contributed by atoms with van der Waals surface area (Å²) in [5.74, 6) is -5.19. The van der Waals surface area contributed by atoms with Crippen LogP contribution in [0.4, 0.5) is 5.69 Å². The fourth-order valence-electron chi connectivity index (χ4n) is 2.44. The Balaban J connectivity index is 2.99. The number of nitro benzene ring substituents is 1. The molecular formula is C19H23IN4O10S. The molecule has 6 N–H and O–H groups in total. The minimum Gasteiger partial charge on any atom is -0.480 e. The number of thioether (sulfide) groups is 1. The summed E-state index contributed by atoms with van der Waals surface area (Å²) in [5.41, 5.74) is 4.89. The summed E-state index contributed by atoms with van der Waals surface area (Å²) < 4.78 is 5.50. The molecule has 1 aromatic rings. The van der Waals surface area contributed by atoms with E-state index in [0.29, 0.717) is 4.43 Å². The van der Waals surface area contributed by atoms with Crippen molar-refractivity contribution in [2.75, 3.05) is 23.3 Å². The number of carbonyl (C=O) groups is 5. The van der Waals surface area contributed by atoms with E-state index in [1.54, 1.807) is 0 Å². The highest BCUT2D eigenvalue weighted by Gasteiger charge is 2.25. The predicted octanol–water partition coefficient (Wildman–Crippen LogP) is 0.156. The highest BCUT2D eigenvalue weighted by atomic mass is 127. The molecule has 0 aliphatic carbocycles. The third-order valence-corrected chi connectivity index (χ3v) is 5.77. The first-order valence-electron chi connectivity index (χ1n) is 9.87. The third-order valence-electron chi connectivity index (χ3n) is 4.17. The zero-order valence-corrected chi connectivity index (χ0v) is 21.1. The van der Waals surface area contributed by atoms with Crippen LogP contribution in [-0.4, -0.2) is 80.3 Å². The Kier molecular flexibility index (Phi) is 13.0. The molecule has 2 atom stereocenters. The van der Waals surface area contributed by atoms with Gasteiger partial charge in [-0.1, -0.05) is 22.6 Å². The van der Waals surface area contributed by atoms with Gasteiger partial charge in [0.2, 0.25) is 11.8 Å². The van der Waals surface area contributed by atoms with E-state index >= 15 is 0 Å². The Hall–Kier alpha value is -2.99. The SMILES string of the molecule is N[C@@H](CCC(=O)N[C@@H](CSc1ccc(C(=O)OCCI)cc1[N+](=O)[O-])C(=O)NCC(=O)O)C(=O)O. The van der Waals surface area contributed by atoms with Crippen molar-refractivity contribution in [2.45, 2.75) is 29.8 Å². The molecule has 192 valence electrons. The van der Waals surface area contributed by atoms with Crippen molar-refractivity contribution in [1.29, 1.82) is 0 Å². The maximum absolute atomic E-state index is 12.4. The Morgan fingerprint density at radius 1 is 1.23 bits per heavy atom. The topological polar surface area (TPSA) is 228 Å². The molecule has 0 saturated heterocycles. The fourth-order valence-corrected chi connectivity index (χ4v) is 3.69. The number of nitrogens with one attached hydrogen (secondary N) is 2. The standard InChI is InChI=1S/C19H23IN4O10S/c20-5-6-34-19(31)10-1-3-14(13(7-10)24(32)33)35-9-12(17(28)22-8-16(26)27)23-15(25)4-2-11(21)18(29)30/h1,3,7,11-12H,2,4-6,8-9,21H2,(H,22,28)(H,23,25)(H,26,27)(H,29,30)/t11-,12-/m0/s1. The van der Waals surface area contributed by atoms with Crippen molar-refractivity contribution < 1.29 is 43.8 Å². The van der Waals surface area contributed by atoms with Crippen molar-refractivity contribution in [3.63, 3.8) is 0 Å². The largest absolute Gasteiger partial charge is 0.480 e. The first-order valence-corrected chi connectivity index (χ1v) is 12.4. The van der Waals surface area contributed by atoms with Gasteiger partial charge in [0.1, 0.15) is 25.2 Å². The lowest BCUT2D eigenvalue weighted by Crippen LogP contribution is -2.49. The highest BCUT2D eigenvalue weighted by molar-refractivity contribution is 14.1. The predicted molar refractivity (Wildman–Crippen MR) is 130 cm³/mol. The molecule has 1 rings (SSSR count). The lowest BCUT2D eigenvalue weighted by atomic mass is 10.1. The summed E-state index contributed by atoms with van der Waals surface area (Å²) in [7, 11) is 0. The number of ether oxygens (including phenoxy) is 1. The van der Waals surface area contributed by atoms with Gasteiger partial charge in [-0.05, 0) is 18.6 Å². The van der Waals surface area contributed by atoms with Crippen molar-refractivity contribution in [3.05, 3.63) is 33.9 Å². The van der Waals surface area contributed by atoms with Gasteiger partial charge in [0.05, 0.1) is 15.4 Å². The zero-order valence-electron chi connectivity index (χ0n) is 18.1. The van der Waals surface area contributed by atoms with Crippen molar-refractivity contribution in [2.24, 2.45) is 5.73 Å². The number of amides is 2. The molecule has 0 saturated carbocycles. The average Bonchev–Trinajstić information content (AvgIpc) is 2.81. The van der Waals surface area contributed by atoms with Crippen LogP contribution in [0.5, 0.6) is 0 Å². The molecule has 0 unspecified atom stereocenters. The number of carboxylic acid groups (broad SMARTS) is 2. The molecule has 0 heterocycles. The maximum atomic E-state index is 12.4. The second-order valence-electron chi connectivity index (χ2n) is 6.79. The van der Waals surface area contributed by atoms with Gasteiger partial charge in [-0.3, -0.25) is 29.3 Å². The minimum absolute atomic E-state index is 0.0373. The molecule has 1 aromatic carbocycles. The molecule has 2 amide bonds. The Bertz CT molecular complexity index is 977. The van der Waals surface area contributed by atoms with Crippen LogP contribution in [0.1, 0.15) is 23.2 Å². The summed E-state index contributed by atoms with van der Waals surface area (Å²) in [6.45, 7) is -0.595. The van der Waals surface area contributed by atoms with Crippen LogP contribution in [0.15, 0.2) is 23.1 Å². The third kappa shape index (κ3) is 10.9. The van der Waals surface area contributed by atoms with Crippen LogP contribution in [0.3, 0.4) is 0 Å². The Labute approximate surface area is 216 Å². The Morgan fingerprint density at radius 3 is 2.49 bits per heavy atom. The van der Waals surface area contributed by atoms with Crippen LogP contribution in [0.25, 0.3) is 0 Å². The van der Waals surface area contributed by atoms with E-state index in [9.17, 15) is 34.1 Å². The van der Waals surface area contributed by atoms with Gasteiger partial charge < -0.3 is 31.3 Å². The van der Waals surface area contributed by atoms with Gasteiger partial charge >= 0.3 is 17.9 Å². The van der Waals surface area contributed by atoms with Crippen LogP contribution in [0.2, 0.25) is 0 Å². The van der Waals surface area contributed by atoms with Crippen molar-refractivity contribution in [3.8, 4) is 0 Å². The normalized spacial score (nSPS) is 12.2. The lowest BCUT2D eigenvalue weighted by Gasteiger charge is -2.18. The van der Waals surface area contributed by atoms with Crippen molar-refractivity contribution >= 4 is 69.8 Å². The van der Waals surface area contributed by atoms with Gasteiger partial charge in [-0.15, -0.1) is 11.8 Å². The van der Waals surface area contributed by atoms with E-state index in [-0.39, 0.29) is 35.7 Å². The molecule has 0 fully saturated rings. The minimum atomic E-state index is -1.33. The Morgan fingerprint density at radius 2 is 1.91 bits per heavy atom. The number of nitrogens with zero attached hydrogens (tertiary/aromatic N) is 1. The van der Waals surface area contributed by atoms with Gasteiger partial charge in [0.25, 0.3) is 5.69 Å². The molecule has 0 aliphatic rings. The lowest BCUT2D eigenvalue weighted by molar-refractivity contribution is -0.387. The van der Waals surface area contributed by atoms with Gasteiger partial charge in [-0.2, -0.15) is 0 Å².